The Labute approximate surface area is 106 Å². The number of aldehydes is 1. The molecular formula is C13H16ClNO2. The van der Waals surface area contributed by atoms with Crippen LogP contribution in [-0.2, 0) is 0 Å². The molecule has 0 aliphatic heterocycles. The molecule has 1 aliphatic rings. The monoisotopic (exact) mass is 253 g/mol. The summed E-state index contributed by atoms with van der Waals surface area (Å²) in [5.74, 6) is 0. The predicted octanol–water partition coefficient (Wildman–Crippen LogP) is 2.50. The van der Waals surface area contributed by atoms with Crippen molar-refractivity contribution >= 4 is 23.6 Å². The second-order valence-corrected chi connectivity index (χ2v) is 4.70. The van der Waals surface area contributed by atoms with Crippen LogP contribution in [0.25, 0.3) is 0 Å². The van der Waals surface area contributed by atoms with E-state index >= 15 is 0 Å². The third kappa shape index (κ3) is 2.45. The predicted molar refractivity (Wildman–Crippen MR) is 68.9 cm³/mol. The molecule has 1 aromatic carbocycles. The first-order chi connectivity index (χ1) is 8.27. The lowest BCUT2D eigenvalue weighted by atomic mass is 9.90. The summed E-state index contributed by atoms with van der Waals surface area (Å²) < 4.78 is 0. The Kier molecular flexibility index (Phi) is 4.02. The van der Waals surface area contributed by atoms with Crippen LogP contribution in [0, 0.1) is 0 Å². The van der Waals surface area contributed by atoms with E-state index in [1.807, 2.05) is 12.1 Å². The molecule has 3 nitrogen and oxygen atoms in total. The fourth-order valence-electron chi connectivity index (χ4n) is 2.20. The molecule has 92 valence electrons. The molecule has 0 heterocycles. The molecular weight excluding hydrogens is 238 g/mol. The Hall–Kier alpha value is -1.06. The fraction of sp³-hybridized carbons (Fsp3) is 0.462. The van der Waals surface area contributed by atoms with Crippen LogP contribution < -0.4 is 4.90 Å². The first-order valence-electron chi connectivity index (χ1n) is 5.89. The number of hydrogen-bond donors (Lipinski definition) is 1. The van der Waals surface area contributed by atoms with Crippen molar-refractivity contribution in [3.8, 4) is 0 Å². The number of rotatable bonds is 5. The van der Waals surface area contributed by atoms with Crippen LogP contribution in [0.2, 0.25) is 5.02 Å². The number of benzene rings is 1. The lowest BCUT2D eigenvalue weighted by molar-refractivity contribution is 0.112. The maximum absolute atomic E-state index is 11.1. The fourth-order valence-corrected chi connectivity index (χ4v) is 2.41. The largest absolute Gasteiger partial charge is 0.395 e. The second-order valence-electron chi connectivity index (χ2n) is 4.29. The van der Waals surface area contributed by atoms with Crippen molar-refractivity contribution in [3.05, 3.63) is 28.8 Å². The van der Waals surface area contributed by atoms with Crippen LogP contribution in [0.15, 0.2) is 18.2 Å². The molecule has 0 aromatic heterocycles. The summed E-state index contributed by atoms with van der Waals surface area (Å²) >= 11 is 6.02. The van der Waals surface area contributed by atoms with Gasteiger partial charge in [0.1, 0.15) is 0 Å². The Balaban J connectivity index is 2.34. The van der Waals surface area contributed by atoms with Crippen LogP contribution in [0.1, 0.15) is 29.6 Å². The van der Waals surface area contributed by atoms with Gasteiger partial charge in [0.2, 0.25) is 0 Å². The van der Waals surface area contributed by atoms with Gasteiger partial charge in [0.25, 0.3) is 0 Å². The van der Waals surface area contributed by atoms with E-state index in [4.69, 9.17) is 16.7 Å². The zero-order valence-corrected chi connectivity index (χ0v) is 10.4. The van der Waals surface area contributed by atoms with Gasteiger partial charge in [-0.25, -0.2) is 0 Å². The molecule has 17 heavy (non-hydrogen) atoms. The third-order valence-corrected chi connectivity index (χ3v) is 3.64. The van der Waals surface area contributed by atoms with E-state index in [2.05, 4.69) is 4.90 Å². The van der Waals surface area contributed by atoms with Gasteiger partial charge in [0, 0.05) is 18.3 Å². The molecule has 0 saturated heterocycles. The SMILES string of the molecule is O=Cc1c(Cl)cccc1N(CCO)C1CCC1. The number of hydrogen-bond acceptors (Lipinski definition) is 3. The van der Waals surface area contributed by atoms with E-state index in [-0.39, 0.29) is 6.61 Å². The van der Waals surface area contributed by atoms with Gasteiger partial charge in [-0.05, 0) is 31.4 Å². The van der Waals surface area contributed by atoms with Crippen LogP contribution in [0.4, 0.5) is 5.69 Å². The molecule has 0 unspecified atom stereocenters. The molecule has 0 bridgehead atoms. The number of halogens is 1. The first kappa shape index (κ1) is 12.4. The first-order valence-corrected chi connectivity index (χ1v) is 6.27. The van der Waals surface area contributed by atoms with E-state index in [1.165, 1.54) is 6.42 Å². The van der Waals surface area contributed by atoms with Crippen molar-refractivity contribution < 1.29 is 9.90 Å². The molecule has 0 spiro atoms. The molecule has 0 radical (unpaired) electrons. The third-order valence-electron chi connectivity index (χ3n) is 3.31. The normalized spacial score (nSPS) is 15.4. The van der Waals surface area contributed by atoms with Gasteiger partial charge in [0.15, 0.2) is 6.29 Å². The smallest absolute Gasteiger partial charge is 0.153 e. The number of nitrogens with zero attached hydrogens (tertiary/aromatic N) is 1. The molecule has 1 fully saturated rings. The summed E-state index contributed by atoms with van der Waals surface area (Å²) in [4.78, 5) is 13.2. The number of carbonyl (C=O) groups is 1. The highest BCUT2D eigenvalue weighted by Gasteiger charge is 2.26. The van der Waals surface area contributed by atoms with Gasteiger partial charge >= 0.3 is 0 Å². The highest BCUT2D eigenvalue weighted by molar-refractivity contribution is 6.33. The Morgan fingerprint density at radius 1 is 1.47 bits per heavy atom. The van der Waals surface area contributed by atoms with Gasteiger partial charge in [0.05, 0.1) is 17.2 Å². The lowest BCUT2D eigenvalue weighted by Crippen LogP contribution is -2.42. The van der Waals surface area contributed by atoms with E-state index < -0.39 is 0 Å². The van der Waals surface area contributed by atoms with Gasteiger partial charge < -0.3 is 10.0 Å². The standard InChI is InChI=1S/C13H16ClNO2/c14-12-5-2-6-13(11(12)9-17)15(7-8-16)10-3-1-4-10/h2,5-6,9-10,16H,1,3-4,7-8H2. The number of anilines is 1. The van der Waals surface area contributed by atoms with Crippen molar-refractivity contribution in [2.45, 2.75) is 25.3 Å². The van der Waals surface area contributed by atoms with Crippen LogP contribution in [0.5, 0.6) is 0 Å². The minimum absolute atomic E-state index is 0.0846. The number of aliphatic hydroxyl groups is 1. The Morgan fingerprint density at radius 2 is 2.24 bits per heavy atom. The van der Waals surface area contributed by atoms with E-state index in [9.17, 15) is 4.79 Å². The molecule has 1 saturated carbocycles. The molecule has 0 amide bonds. The molecule has 0 atom stereocenters. The molecule has 4 heteroatoms. The van der Waals surface area contributed by atoms with Crippen molar-refractivity contribution in [2.24, 2.45) is 0 Å². The molecule has 1 aliphatic carbocycles. The van der Waals surface area contributed by atoms with E-state index in [0.29, 0.717) is 23.2 Å². The van der Waals surface area contributed by atoms with Crippen molar-refractivity contribution in [1.29, 1.82) is 0 Å². The highest BCUT2D eigenvalue weighted by Crippen LogP contribution is 2.33. The average molecular weight is 254 g/mol. The zero-order valence-electron chi connectivity index (χ0n) is 9.60. The Bertz CT molecular complexity index is 404. The summed E-state index contributed by atoms with van der Waals surface area (Å²) in [5, 5.41) is 9.61. The minimum Gasteiger partial charge on any atom is -0.395 e. The van der Waals surface area contributed by atoms with Gasteiger partial charge in [-0.15, -0.1) is 0 Å². The topological polar surface area (TPSA) is 40.5 Å². The molecule has 2 rings (SSSR count). The van der Waals surface area contributed by atoms with Gasteiger partial charge in [-0.3, -0.25) is 4.79 Å². The molecule has 1 aromatic rings. The maximum Gasteiger partial charge on any atom is 0.153 e. The van der Waals surface area contributed by atoms with E-state index in [0.717, 1.165) is 24.8 Å². The number of carbonyl (C=O) groups excluding carboxylic acids is 1. The van der Waals surface area contributed by atoms with Gasteiger partial charge in [-0.2, -0.15) is 0 Å². The minimum atomic E-state index is 0.0846. The summed E-state index contributed by atoms with van der Waals surface area (Å²) in [6, 6.07) is 5.88. The second kappa shape index (κ2) is 5.52. The van der Waals surface area contributed by atoms with Crippen molar-refractivity contribution in [2.75, 3.05) is 18.1 Å². The van der Waals surface area contributed by atoms with Crippen LogP contribution in [0.3, 0.4) is 0 Å². The number of aliphatic hydroxyl groups excluding tert-OH is 1. The summed E-state index contributed by atoms with van der Waals surface area (Å²) in [6.45, 7) is 0.632. The molecule has 1 N–H and O–H groups in total. The van der Waals surface area contributed by atoms with Crippen molar-refractivity contribution in [3.63, 3.8) is 0 Å². The van der Waals surface area contributed by atoms with Crippen molar-refractivity contribution in [1.82, 2.24) is 0 Å². The maximum atomic E-state index is 11.1. The highest BCUT2D eigenvalue weighted by atomic mass is 35.5. The van der Waals surface area contributed by atoms with E-state index in [1.54, 1.807) is 6.07 Å². The van der Waals surface area contributed by atoms with Crippen LogP contribution >= 0.6 is 11.6 Å². The zero-order chi connectivity index (χ0) is 12.3. The summed E-state index contributed by atoms with van der Waals surface area (Å²) in [6.07, 6.45) is 4.24. The average Bonchev–Trinajstić information content (AvgIpc) is 2.26. The van der Waals surface area contributed by atoms with Crippen LogP contribution in [-0.4, -0.2) is 30.6 Å². The lowest BCUT2D eigenvalue weighted by Gasteiger charge is -2.39. The summed E-state index contributed by atoms with van der Waals surface area (Å²) in [5.41, 5.74) is 1.36. The quantitative estimate of drug-likeness (QED) is 0.820. The Morgan fingerprint density at radius 3 is 2.76 bits per heavy atom. The summed E-state index contributed by atoms with van der Waals surface area (Å²) in [7, 11) is 0. The van der Waals surface area contributed by atoms with Gasteiger partial charge in [-0.1, -0.05) is 17.7 Å².